The third kappa shape index (κ3) is 6.39. The van der Waals surface area contributed by atoms with Gasteiger partial charge in [0.15, 0.2) is 0 Å². The van der Waals surface area contributed by atoms with Crippen molar-refractivity contribution >= 4 is 6.09 Å². The number of halogens is 3. The fourth-order valence-corrected chi connectivity index (χ4v) is 3.04. The van der Waals surface area contributed by atoms with Crippen molar-refractivity contribution in [2.45, 2.75) is 82.4 Å². The van der Waals surface area contributed by atoms with Crippen molar-refractivity contribution in [3.63, 3.8) is 0 Å². The van der Waals surface area contributed by atoms with Gasteiger partial charge in [0, 0.05) is 6.04 Å². The summed E-state index contributed by atoms with van der Waals surface area (Å²) in [5.41, 5.74) is 5.32. The highest BCUT2D eigenvalue weighted by atomic mass is 19.4. The molecule has 0 saturated heterocycles. The van der Waals surface area contributed by atoms with Crippen LogP contribution in [0.4, 0.5) is 18.0 Å². The first-order valence-electron chi connectivity index (χ1n) is 7.89. The topological polar surface area (TPSA) is 59.6 Å². The lowest BCUT2D eigenvalue weighted by Crippen LogP contribution is -2.47. The summed E-state index contributed by atoms with van der Waals surface area (Å²) in [6, 6.07) is -0.0491. The first kappa shape index (κ1) is 17.3. The number of hydrogen-bond donors (Lipinski definition) is 2. The highest BCUT2D eigenvalue weighted by molar-refractivity contribution is 5.66. The van der Waals surface area contributed by atoms with Gasteiger partial charge in [-0.3, -0.25) is 10.2 Å². The highest BCUT2D eigenvalue weighted by Gasteiger charge is 2.35. The first-order valence-corrected chi connectivity index (χ1v) is 7.89. The van der Waals surface area contributed by atoms with Gasteiger partial charge in [-0.15, -0.1) is 13.2 Å². The van der Waals surface area contributed by atoms with Crippen molar-refractivity contribution in [2.24, 2.45) is 0 Å². The summed E-state index contributed by atoms with van der Waals surface area (Å²) in [6.45, 7) is 0. The van der Waals surface area contributed by atoms with E-state index in [-0.39, 0.29) is 12.1 Å². The molecule has 0 aromatic carbocycles. The largest absolute Gasteiger partial charge is 0.522 e. The molecule has 0 bridgehead atoms. The second-order valence-corrected chi connectivity index (χ2v) is 5.97. The van der Waals surface area contributed by atoms with Crippen LogP contribution in [0, 0.1) is 0 Å². The molecule has 0 aliphatic heterocycles. The fourth-order valence-electron chi connectivity index (χ4n) is 3.04. The molecule has 0 atom stereocenters. The molecular formula is C14H23F3N2O3. The Morgan fingerprint density at radius 2 is 1.55 bits per heavy atom. The molecule has 0 heterocycles. The van der Waals surface area contributed by atoms with Crippen LogP contribution in [0.5, 0.6) is 0 Å². The third-order valence-corrected chi connectivity index (χ3v) is 4.18. The van der Waals surface area contributed by atoms with Gasteiger partial charge >= 0.3 is 12.5 Å². The van der Waals surface area contributed by atoms with Gasteiger partial charge in [0.05, 0.1) is 6.10 Å². The van der Waals surface area contributed by atoms with E-state index in [1.165, 1.54) is 6.42 Å². The Labute approximate surface area is 127 Å². The van der Waals surface area contributed by atoms with Gasteiger partial charge in [-0.1, -0.05) is 6.42 Å². The van der Waals surface area contributed by atoms with E-state index < -0.39 is 18.6 Å². The van der Waals surface area contributed by atoms with Crippen LogP contribution in [-0.4, -0.2) is 30.7 Å². The number of ether oxygens (including phenoxy) is 2. The second-order valence-electron chi connectivity index (χ2n) is 5.97. The van der Waals surface area contributed by atoms with Crippen LogP contribution in [0.15, 0.2) is 0 Å². The Hall–Kier alpha value is -1.02. The lowest BCUT2D eigenvalue weighted by atomic mass is 9.93. The fraction of sp³-hybridized carbons (Fsp3) is 0.929. The zero-order valence-electron chi connectivity index (χ0n) is 12.5. The minimum Gasteiger partial charge on any atom is -0.445 e. The van der Waals surface area contributed by atoms with Crippen molar-refractivity contribution in [1.29, 1.82) is 0 Å². The molecule has 8 heteroatoms. The van der Waals surface area contributed by atoms with Crippen LogP contribution in [0.1, 0.15) is 57.8 Å². The summed E-state index contributed by atoms with van der Waals surface area (Å²) >= 11 is 0. The zero-order chi connectivity index (χ0) is 16.0. The van der Waals surface area contributed by atoms with Crippen LogP contribution in [0.2, 0.25) is 0 Å². The number of carbonyl (C=O) groups is 1. The number of carbonyl (C=O) groups excluding carboxylic acids is 1. The quantitative estimate of drug-likeness (QED) is 0.778. The predicted molar refractivity (Wildman–Crippen MR) is 72.8 cm³/mol. The van der Waals surface area contributed by atoms with E-state index in [1.54, 1.807) is 0 Å². The Bertz CT molecular complexity index is 352. The summed E-state index contributed by atoms with van der Waals surface area (Å²) < 4.78 is 45.6. The van der Waals surface area contributed by atoms with Crippen molar-refractivity contribution in [2.75, 3.05) is 0 Å². The molecular weight excluding hydrogens is 301 g/mol. The SMILES string of the molecule is O=C(NNC1CCC(OC(F)(F)F)CC1)OC1CCCCC1. The van der Waals surface area contributed by atoms with Crippen LogP contribution in [0.25, 0.3) is 0 Å². The van der Waals surface area contributed by atoms with Gasteiger partial charge in [-0.25, -0.2) is 10.2 Å². The first-order chi connectivity index (χ1) is 10.4. The standard InChI is InChI=1S/C14H23F3N2O3/c15-14(16,17)22-12-8-6-10(7-9-12)18-19-13(20)21-11-4-2-1-3-5-11/h10-12,18H,1-9H2,(H,19,20). The number of alkyl halides is 3. The predicted octanol–water partition coefficient (Wildman–Crippen LogP) is 3.40. The van der Waals surface area contributed by atoms with E-state index in [9.17, 15) is 18.0 Å². The molecule has 0 radical (unpaired) electrons. The average molecular weight is 324 g/mol. The minimum atomic E-state index is -4.58. The molecule has 2 rings (SSSR count). The molecule has 0 aromatic heterocycles. The summed E-state index contributed by atoms with van der Waals surface area (Å²) in [4.78, 5) is 11.6. The van der Waals surface area contributed by atoms with E-state index in [0.717, 1.165) is 25.7 Å². The molecule has 22 heavy (non-hydrogen) atoms. The van der Waals surface area contributed by atoms with Crippen molar-refractivity contribution in [1.82, 2.24) is 10.9 Å². The molecule has 5 nitrogen and oxygen atoms in total. The molecule has 2 N–H and O–H groups in total. The van der Waals surface area contributed by atoms with Gasteiger partial charge in [0.25, 0.3) is 0 Å². The van der Waals surface area contributed by atoms with E-state index >= 15 is 0 Å². The number of amides is 1. The molecule has 2 fully saturated rings. The van der Waals surface area contributed by atoms with Crippen LogP contribution >= 0.6 is 0 Å². The number of hydrazine groups is 1. The highest BCUT2D eigenvalue weighted by Crippen LogP contribution is 2.27. The van der Waals surface area contributed by atoms with Crippen molar-refractivity contribution in [3.05, 3.63) is 0 Å². The number of hydrogen-bond acceptors (Lipinski definition) is 4. The van der Waals surface area contributed by atoms with Crippen LogP contribution in [0.3, 0.4) is 0 Å². The molecule has 2 aliphatic carbocycles. The molecule has 128 valence electrons. The maximum atomic E-state index is 12.1. The van der Waals surface area contributed by atoms with Crippen LogP contribution < -0.4 is 10.9 Å². The van der Waals surface area contributed by atoms with Gasteiger partial charge in [-0.2, -0.15) is 0 Å². The van der Waals surface area contributed by atoms with E-state index in [0.29, 0.717) is 25.7 Å². The lowest BCUT2D eigenvalue weighted by Gasteiger charge is -2.29. The summed E-state index contributed by atoms with van der Waals surface area (Å²) in [6.07, 6.45) is 0.904. The Balaban J connectivity index is 1.59. The monoisotopic (exact) mass is 324 g/mol. The van der Waals surface area contributed by atoms with Gasteiger partial charge < -0.3 is 4.74 Å². The van der Waals surface area contributed by atoms with Gasteiger partial charge in [0.1, 0.15) is 6.10 Å². The summed E-state index contributed by atoms with van der Waals surface area (Å²) in [5, 5.41) is 0. The third-order valence-electron chi connectivity index (χ3n) is 4.18. The molecule has 0 aromatic rings. The smallest absolute Gasteiger partial charge is 0.445 e. The maximum absolute atomic E-state index is 12.1. The second kappa shape index (κ2) is 8.01. The Morgan fingerprint density at radius 1 is 0.909 bits per heavy atom. The molecule has 0 spiro atoms. The summed E-state index contributed by atoms with van der Waals surface area (Å²) in [7, 11) is 0. The van der Waals surface area contributed by atoms with Gasteiger partial charge in [-0.05, 0) is 51.4 Å². The molecule has 1 amide bonds. The maximum Gasteiger partial charge on any atom is 0.522 e. The minimum absolute atomic E-state index is 0.0218. The Kier molecular flexibility index (Phi) is 6.31. The normalized spacial score (nSPS) is 27.4. The lowest BCUT2D eigenvalue weighted by molar-refractivity contribution is -0.345. The summed E-state index contributed by atoms with van der Waals surface area (Å²) in [5.74, 6) is 0. The molecule has 2 aliphatic rings. The van der Waals surface area contributed by atoms with E-state index in [2.05, 4.69) is 15.6 Å². The molecule has 0 unspecified atom stereocenters. The average Bonchev–Trinajstić information content (AvgIpc) is 2.46. The number of nitrogens with one attached hydrogen (secondary N) is 2. The molecule has 2 saturated carbocycles. The Morgan fingerprint density at radius 3 is 2.14 bits per heavy atom. The van der Waals surface area contributed by atoms with Crippen molar-refractivity contribution < 1.29 is 27.4 Å². The van der Waals surface area contributed by atoms with E-state index in [4.69, 9.17) is 4.74 Å². The zero-order valence-corrected chi connectivity index (χ0v) is 12.5. The van der Waals surface area contributed by atoms with E-state index in [1.807, 2.05) is 0 Å². The van der Waals surface area contributed by atoms with Crippen molar-refractivity contribution in [3.8, 4) is 0 Å². The van der Waals surface area contributed by atoms with Gasteiger partial charge in [0.2, 0.25) is 0 Å². The number of rotatable bonds is 4. The van der Waals surface area contributed by atoms with Crippen LogP contribution in [-0.2, 0) is 9.47 Å².